The van der Waals surface area contributed by atoms with Crippen LogP contribution in [-0.2, 0) is 19.0 Å². The molecule has 0 atom stereocenters. The third-order valence-electron chi connectivity index (χ3n) is 4.70. The van der Waals surface area contributed by atoms with Gasteiger partial charge in [-0.15, -0.1) is 0 Å². The molecule has 1 amide bonds. The standard InChI is InChI=1S/C21H26N4O/c1-14-18-11-16(12-22-19(18)25(6)23-14)20(26)24(5)13-15-7-9-17(10-8-15)21(2,3)4/h7-12H,13H2,1-6H3. The molecule has 0 aliphatic carbocycles. The fraction of sp³-hybridized carbons (Fsp3) is 0.381. The lowest BCUT2D eigenvalue weighted by Crippen LogP contribution is -2.26. The number of fused-ring (bicyclic) bond motifs is 1. The fourth-order valence-corrected chi connectivity index (χ4v) is 3.10. The maximum atomic E-state index is 12.8. The average molecular weight is 350 g/mol. The number of benzene rings is 1. The van der Waals surface area contributed by atoms with E-state index in [1.165, 1.54) is 5.56 Å². The summed E-state index contributed by atoms with van der Waals surface area (Å²) < 4.78 is 1.74. The van der Waals surface area contributed by atoms with Crippen molar-refractivity contribution < 1.29 is 4.79 Å². The molecule has 2 heterocycles. The summed E-state index contributed by atoms with van der Waals surface area (Å²) in [5, 5.41) is 5.28. The van der Waals surface area contributed by atoms with Gasteiger partial charge in [0.25, 0.3) is 5.91 Å². The number of nitrogens with zero attached hydrogens (tertiary/aromatic N) is 4. The van der Waals surface area contributed by atoms with Crippen LogP contribution in [0.3, 0.4) is 0 Å². The molecule has 26 heavy (non-hydrogen) atoms. The van der Waals surface area contributed by atoms with Crippen LogP contribution in [0.4, 0.5) is 0 Å². The second-order valence-electron chi connectivity index (χ2n) is 7.91. The van der Waals surface area contributed by atoms with Gasteiger partial charge in [-0.3, -0.25) is 9.48 Å². The Labute approximate surface area is 154 Å². The van der Waals surface area contributed by atoms with Crippen molar-refractivity contribution in [1.82, 2.24) is 19.7 Å². The van der Waals surface area contributed by atoms with E-state index in [0.29, 0.717) is 12.1 Å². The molecule has 5 heteroatoms. The Morgan fingerprint density at radius 2 is 1.85 bits per heavy atom. The number of amides is 1. The SMILES string of the molecule is Cc1nn(C)c2ncc(C(=O)N(C)Cc3ccc(C(C)(C)C)cc3)cc12. The minimum Gasteiger partial charge on any atom is -0.337 e. The first-order chi connectivity index (χ1) is 12.2. The molecule has 0 unspecified atom stereocenters. The molecule has 0 aliphatic heterocycles. The van der Waals surface area contributed by atoms with Crippen LogP contribution in [0.5, 0.6) is 0 Å². The lowest BCUT2D eigenvalue weighted by Gasteiger charge is -2.21. The highest BCUT2D eigenvalue weighted by atomic mass is 16.2. The summed E-state index contributed by atoms with van der Waals surface area (Å²) in [6.45, 7) is 9.08. The van der Waals surface area contributed by atoms with E-state index in [0.717, 1.165) is 22.3 Å². The minimum absolute atomic E-state index is 0.0393. The highest BCUT2D eigenvalue weighted by molar-refractivity contribution is 5.97. The Balaban J connectivity index is 1.78. The molecule has 0 fully saturated rings. The number of pyridine rings is 1. The molecule has 0 aliphatic rings. The molecule has 0 saturated carbocycles. The normalized spacial score (nSPS) is 11.8. The second kappa shape index (κ2) is 6.56. The number of aromatic nitrogens is 3. The van der Waals surface area contributed by atoms with Crippen LogP contribution in [0.1, 0.15) is 48.0 Å². The number of carbonyl (C=O) groups is 1. The summed E-state index contributed by atoms with van der Waals surface area (Å²) in [6.07, 6.45) is 1.63. The van der Waals surface area contributed by atoms with E-state index in [-0.39, 0.29) is 11.3 Å². The van der Waals surface area contributed by atoms with Crippen molar-refractivity contribution in [2.75, 3.05) is 7.05 Å². The predicted molar refractivity (Wildman–Crippen MR) is 104 cm³/mol. The van der Waals surface area contributed by atoms with Crippen LogP contribution < -0.4 is 0 Å². The molecule has 5 nitrogen and oxygen atoms in total. The van der Waals surface area contributed by atoms with E-state index in [4.69, 9.17) is 0 Å². The summed E-state index contributed by atoms with van der Waals surface area (Å²) >= 11 is 0. The number of rotatable bonds is 3. The Kier molecular flexibility index (Phi) is 4.57. The van der Waals surface area contributed by atoms with Gasteiger partial charge in [0.1, 0.15) is 0 Å². The van der Waals surface area contributed by atoms with Crippen LogP contribution in [0.15, 0.2) is 36.5 Å². The molecule has 2 aromatic heterocycles. The fourth-order valence-electron chi connectivity index (χ4n) is 3.10. The van der Waals surface area contributed by atoms with Gasteiger partial charge in [0.2, 0.25) is 0 Å². The van der Waals surface area contributed by atoms with Crippen molar-refractivity contribution in [3.8, 4) is 0 Å². The van der Waals surface area contributed by atoms with Gasteiger partial charge in [-0.05, 0) is 29.5 Å². The van der Waals surface area contributed by atoms with Gasteiger partial charge in [-0.1, -0.05) is 45.0 Å². The molecule has 0 N–H and O–H groups in total. The molecule has 0 saturated heterocycles. The summed E-state index contributed by atoms with van der Waals surface area (Å²) in [6, 6.07) is 10.3. The van der Waals surface area contributed by atoms with E-state index in [2.05, 4.69) is 55.1 Å². The van der Waals surface area contributed by atoms with Crippen molar-refractivity contribution >= 4 is 16.9 Å². The zero-order chi connectivity index (χ0) is 19.1. The van der Waals surface area contributed by atoms with Crippen molar-refractivity contribution in [3.63, 3.8) is 0 Å². The molecule has 136 valence electrons. The van der Waals surface area contributed by atoms with Crippen LogP contribution in [0.2, 0.25) is 0 Å². The van der Waals surface area contributed by atoms with Crippen LogP contribution >= 0.6 is 0 Å². The lowest BCUT2D eigenvalue weighted by atomic mass is 9.87. The first-order valence-electron chi connectivity index (χ1n) is 8.81. The van der Waals surface area contributed by atoms with E-state index in [1.54, 1.807) is 15.8 Å². The zero-order valence-corrected chi connectivity index (χ0v) is 16.4. The highest BCUT2D eigenvalue weighted by Gasteiger charge is 2.17. The lowest BCUT2D eigenvalue weighted by molar-refractivity contribution is 0.0785. The summed E-state index contributed by atoms with van der Waals surface area (Å²) in [5.74, 6) is -0.0393. The van der Waals surface area contributed by atoms with Crippen LogP contribution in [-0.4, -0.2) is 32.6 Å². The average Bonchev–Trinajstić information content (AvgIpc) is 2.87. The van der Waals surface area contributed by atoms with Gasteiger partial charge in [0, 0.05) is 32.2 Å². The molecule has 0 bridgehead atoms. The van der Waals surface area contributed by atoms with Crippen LogP contribution in [0.25, 0.3) is 11.0 Å². The minimum atomic E-state index is -0.0393. The second-order valence-corrected chi connectivity index (χ2v) is 7.91. The Morgan fingerprint density at radius 3 is 2.46 bits per heavy atom. The molecular formula is C21H26N4O. The van der Waals surface area contributed by atoms with Crippen molar-refractivity contribution in [2.45, 2.75) is 39.7 Å². The topological polar surface area (TPSA) is 51.0 Å². The third-order valence-corrected chi connectivity index (χ3v) is 4.70. The number of aryl methyl sites for hydroxylation is 2. The van der Waals surface area contributed by atoms with E-state index in [9.17, 15) is 4.79 Å². The Morgan fingerprint density at radius 1 is 1.19 bits per heavy atom. The maximum Gasteiger partial charge on any atom is 0.255 e. The largest absolute Gasteiger partial charge is 0.337 e. The van der Waals surface area contributed by atoms with E-state index >= 15 is 0 Å². The number of carbonyl (C=O) groups excluding carboxylic acids is 1. The van der Waals surface area contributed by atoms with Crippen molar-refractivity contribution in [2.24, 2.45) is 7.05 Å². The molecule has 3 aromatic rings. The van der Waals surface area contributed by atoms with Gasteiger partial charge in [-0.25, -0.2) is 4.98 Å². The molecular weight excluding hydrogens is 324 g/mol. The number of hydrogen-bond donors (Lipinski definition) is 0. The number of hydrogen-bond acceptors (Lipinski definition) is 3. The molecule has 3 rings (SSSR count). The molecule has 0 spiro atoms. The van der Waals surface area contributed by atoms with Gasteiger partial charge >= 0.3 is 0 Å². The van der Waals surface area contributed by atoms with Gasteiger partial charge in [0.15, 0.2) is 5.65 Å². The quantitative estimate of drug-likeness (QED) is 0.721. The van der Waals surface area contributed by atoms with Gasteiger partial charge in [0.05, 0.1) is 11.3 Å². The predicted octanol–water partition coefficient (Wildman–Crippen LogP) is 3.85. The molecule has 0 radical (unpaired) electrons. The first-order valence-corrected chi connectivity index (χ1v) is 8.81. The highest BCUT2D eigenvalue weighted by Crippen LogP contribution is 2.23. The molecule has 1 aromatic carbocycles. The maximum absolute atomic E-state index is 12.8. The van der Waals surface area contributed by atoms with E-state index in [1.807, 2.05) is 27.1 Å². The van der Waals surface area contributed by atoms with Crippen molar-refractivity contribution in [3.05, 3.63) is 58.9 Å². The Hall–Kier alpha value is -2.69. The summed E-state index contributed by atoms with van der Waals surface area (Å²) in [7, 11) is 3.68. The summed E-state index contributed by atoms with van der Waals surface area (Å²) in [5.41, 5.74) is 4.78. The zero-order valence-electron chi connectivity index (χ0n) is 16.4. The van der Waals surface area contributed by atoms with E-state index < -0.39 is 0 Å². The van der Waals surface area contributed by atoms with Gasteiger partial charge in [-0.2, -0.15) is 5.10 Å². The monoisotopic (exact) mass is 350 g/mol. The third kappa shape index (κ3) is 3.47. The Bertz CT molecular complexity index is 949. The van der Waals surface area contributed by atoms with Crippen LogP contribution in [0, 0.1) is 6.92 Å². The summed E-state index contributed by atoms with van der Waals surface area (Å²) in [4.78, 5) is 18.9. The first kappa shape index (κ1) is 18.1. The van der Waals surface area contributed by atoms with Gasteiger partial charge < -0.3 is 4.90 Å². The smallest absolute Gasteiger partial charge is 0.255 e. The van der Waals surface area contributed by atoms with Crippen molar-refractivity contribution in [1.29, 1.82) is 0 Å².